The van der Waals surface area contributed by atoms with Gasteiger partial charge in [0.25, 0.3) is 10.1 Å². The van der Waals surface area contributed by atoms with E-state index in [-0.39, 0.29) is 6.10 Å². The molecule has 1 aromatic rings. The van der Waals surface area contributed by atoms with Crippen molar-refractivity contribution in [3.63, 3.8) is 0 Å². The average molecular weight is 214 g/mol. The van der Waals surface area contributed by atoms with Crippen LogP contribution in [0.1, 0.15) is 12.5 Å². The normalized spacial score (nSPS) is 13.9. The first-order chi connectivity index (χ1) is 6.47. The molecule has 0 saturated heterocycles. The zero-order valence-electron chi connectivity index (χ0n) is 8.30. The highest BCUT2D eigenvalue weighted by molar-refractivity contribution is 7.86. The van der Waals surface area contributed by atoms with Crippen LogP contribution in [-0.2, 0) is 20.7 Å². The summed E-state index contributed by atoms with van der Waals surface area (Å²) in [6.45, 7) is 1.74. The molecule has 78 valence electrons. The van der Waals surface area contributed by atoms with Crippen molar-refractivity contribution in [3.05, 3.63) is 35.9 Å². The third-order valence-corrected chi connectivity index (χ3v) is 2.38. The Bertz CT molecular complexity index is 370. The molecule has 0 fully saturated rings. The van der Waals surface area contributed by atoms with Crippen molar-refractivity contribution in [1.82, 2.24) is 0 Å². The molecule has 14 heavy (non-hydrogen) atoms. The fourth-order valence-electron chi connectivity index (χ4n) is 1.28. The Labute approximate surface area is 84.8 Å². The summed E-state index contributed by atoms with van der Waals surface area (Å²) < 4.78 is 26.4. The molecule has 4 heteroatoms. The van der Waals surface area contributed by atoms with Crippen molar-refractivity contribution in [2.75, 3.05) is 6.26 Å². The largest absolute Gasteiger partial charge is 0.267 e. The molecule has 0 saturated carbocycles. The SMILES string of the molecule is CC(Cc1ccccc1)OS(C)(=O)=O. The van der Waals surface area contributed by atoms with Gasteiger partial charge in [-0.25, -0.2) is 0 Å². The van der Waals surface area contributed by atoms with E-state index in [2.05, 4.69) is 0 Å². The van der Waals surface area contributed by atoms with E-state index in [1.165, 1.54) is 0 Å². The standard InChI is InChI=1S/C10H14O3S/c1-9(13-14(2,11)12)8-10-6-4-3-5-7-10/h3-7,9H,8H2,1-2H3. The van der Waals surface area contributed by atoms with Crippen molar-refractivity contribution in [2.24, 2.45) is 0 Å². The van der Waals surface area contributed by atoms with E-state index in [0.717, 1.165) is 11.8 Å². The summed E-state index contributed by atoms with van der Waals surface area (Å²) in [5.74, 6) is 0. The lowest BCUT2D eigenvalue weighted by Gasteiger charge is -2.10. The fourth-order valence-corrected chi connectivity index (χ4v) is 1.94. The van der Waals surface area contributed by atoms with Gasteiger partial charge >= 0.3 is 0 Å². The summed E-state index contributed by atoms with van der Waals surface area (Å²) >= 11 is 0. The monoisotopic (exact) mass is 214 g/mol. The summed E-state index contributed by atoms with van der Waals surface area (Å²) in [5.41, 5.74) is 1.07. The first kappa shape index (κ1) is 11.2. The van der Waals surface area contributed by atoms with E-state index in [0.29, 0.717) is 6.42 Å². The molecule has 1 aromatic carbocycles. The summed E-state index contributed by atoms with van der Waals surface area (Å²) in [7, 11) is -3.34. The van der Waals surface area contributed by atoms with Crippen LogP contribution in [0, 0.1) is 0 Å². The van der Waals surface area contributed by atoms with Crippen molar-refractivity contribution in [2.45, 2.75) is 19.4 Å². The van der Waals surface area contributed by atoms with Crippen LogP contribution < -0.4 is 0 Å². The lowest BCUT2D eigenvalue weighted by molar-refractivity contribution is 0.232. The van der Waals surface area contributed by atoms with E-state index in [1.54, 1.807) is 6.92 Å². The van der Waals surface area contributed by atoms with Gasteiger partial charge in [0.15, 0.2) is 0 Å². The van der Waals surface area contributed by atoms with Gasteiger partial charge in [-0.15, -0.1) is 0 Å². The van der Waals surface area contributed by atoms with Crippen molar-refractivity contribution in [1.29, 1.82) is 0 Å². The molecule has 0 amide bonds. The summed E-state index contributed by atoms with van der Waals surface area (Å²) in [4.78, 5) is 0. The Morgan fingerprint density at radius 2 is 1.86 bits per heavy atom. The van der Waals surface area contributed by atoms with E-state index in [9.17, 15) is 8.42 Å². The molecule has 0 aliphatic heterocycles. The molecule has 1 rings (SSSR count). The highest BCUT2D eigenvalue weighted by Gasteiger charge is 2.10. The van der Waals surface area contributed by atoms with Crippen molar-refractivity contribution < 1.29 is 12.6 Å². The van der Waals surface area contributed by atoms with Gasteiger partial charge in [-0.05, 0) is 18.9 Å². The van der Waals surface area contributed by atoms with E-state index < -0.39 is 10.1 Å². The van der Waals surface area contributed by atoms with Crippen LogP contribution in [0.25, 0.3) is 0 Å². The highest BCUT2D eigenvalue weighted by atomic mass is 32.2. The topological polar surface area (TPSA) is 43.4 Å². The second-order valence-electron chi connectivity index (χ2n) is 3.30. The molecule has 0 bridgehead atoms. The second kappa shape index (κ2) is 4.57. The third kappa shape index (κ3) is 4.39. The van der Waals surface area contributed by atoms with E-state index >= 15 is 0 Å². The van der Waals surface area contributed by atoms with E-state index in [1.807, 2.05) is 30.3 Å². The van der Waals surface area contributed by atoms with Crippen LogP contribution >= 0.6 is 0 Å². The minimum atomic E-state index is -3.34. The molecular formula is C10H14O3S. The molecule has 0 radical (unpaired) electrons. The van der Waals surface area contributed by atoms with Gasteiger partial charge in [0.1, 0.15) is 0 Å². The smallest absolute Gasteiger partial charge is 0.264 e. The quantitative estimate of drug-likeness (QED) is 0.715. The Kier molecular flexibility index (Phi) is 3.66. The van der Waals surface area contributed by atoms with Crippen LogP contribution in [0.15, 0.2) is 30.3 Å². The number of hydrogen-bond donors (Lipinski definition) is 0. The lowest BCUT2D eigenvalue weighted by Crippen LogP contribution is -2.16. The van der Waals surface area contributed by atoms with Crippen LogP contribution in [0.4, 0.5) is 0 Å². The average Bonchev–Trinajstić information content (AvgIpc) is 2.02. The van der Waals surface area contributed by atoms with Crippen LogP contribution in [0.3, 0.4) is 0 Å². The predicted octanol–water partition coefficient (Wildman–Crippen LogP) is 1.59. The zero-order valence-corrected chi connectivity index (χ0v) is 9.12. The maximum atomic E-state index is 10.8. The summed E-state index contributed by atoms with van der Waals surface area (Å²) in [6, 6.07) is 9.65. The molecule has 0 heterocycles. The van der Waals surface area contributed by atoms with Gasteiger partial charge in [0, 0.05) is 0 Å². The number of rotatable bonds is 4. The van der Waals surface area contributed by atoms with Crippen LogP contribution in [-0.4, -0.2) is 20.8 Å². The maximum absolute atomic E-state index is 10.8. The van der Waals surface area contributed by atoms with Crippen molar-refractivity contribution in [3.8, 4) is 0 Å². The molecule has 1 unspecified atom stereocenters. The summed E-state index contributed by atoms with van der Waals surface area (Å²) in [6.07, 6.45) is 1.36. The first-order valence-corrected chi connectivity index (χ1v) is 6.21. The Hall–Kier alpha value is -0.870. The molecule has 0 N–H and O–H groups in total. The maximum Gasteiger partial charge on any atom is 0.264 e. The molecular weight excluding hydrogens is 200 g/mol. The minimum Gasteiger partial charge on any atom is -0.267 e. The zero-order chi connectivity index (χ0) is 10.6. The van der Waals surface area contributed by atoms with Crippen molar-refractivity contribution >= 4 is 10.1 Å². The van der Waals surface area contributed by atoms with E-state index in [4.69, 9.17) is 4.18 Å². The molecule has 0 aliphatic carbocycles. The third-order valence-electron chi connectivity index (χ3n) is 1.71. The predicted molar refractivity (Wildman–Crippen MR) is 55.5 cm³/mol. The molecule has 0 spiro atoms. The van der Waals surface area contributed by atoms with Gasteiger partial charge in [0.2, 0.25) is 0 Å². The highest BCUT2D eigenvalue weighted by Crippen LogP contribution is 2.07. The minimum absolute atomic E-state index is 0.313. The molecule has 1 atom stereocenters. The fraction of sp³-hybridized carbons (Fsp3) is 0.400. The Morgan fingerprint density at radius 1 is 1.29 bits per heavy atom. The molecule has 0 aliphatic rings. The number of hydrogen-bond acceptors (Lipinski definition) is 3. The summed E-state index contributed by atoms with van der Waals surface area (Å²) in [5, 5.41) is 0. The van der Waals surface area contributed by atoms with Gasteiger partial charge in [0.05, 0.1) is 12.4 Å². The van der Waals surface area contributed by atoms with Crippen LogP contribution in [0.5, 0.6) is 0 Å². The van der Waals surface area contributed by atoms with Gasteiger partial charge in [-0.2, -0.15) is 8.42 Å². The Morgan fingerprint density at radius 3 is 2.36 bits per heavy atom. The van der Waals surface area contributed by atoms with Crippen LogP contribution in [0.2, 0.25) is 0 Å². The number of benzene rings is 1. The van der Waals surface area contributed by atoms with Gasteiger partial charge in [-0.3, -0.25) is 4.18 Å². The molecule has 3 nitrogen and oxygen atoms in total. The van der Waals surface area contributed by atoms with Gasteiger partial charge in [-0.1, -0.05) is 30.3 Å². The van der Waals surface area contributed by atoms with Gasteiger partial charge < -0.3 is 0 Å². The first-order valence-electron chi connectivity index (χ1n) is 4.39. The Balaban J connectivity index is 2.54. The lowest BCUT2D eigenvalue weighted by atomic mass is 10.1. The molecule has 0 aromatic heterocycles. The second-order valence-corrected chi connectivity index (χ2v) is 4.90.